The van der Waals surface area contributed by atoms with E-state index in [1.807, 2.05) is 0 Å². The lowest BCUT2D eigenvalue weighted by molar-refractivity contribution is 0.300. The summed E-state index contributed by atoms with van der Waals surface area (Å²) in [5.74, 6) is 0. The fraction of sp³-hybridized carbons (Fsp3) is 0.130. The summed E-state index contributed by atoms with van der Waals surface area (Å²) in [6.45, 7) is 9.68. The zero-order valence-electron chi connectivity index (χ0n) is 27.5. The molecular formula is C46H39N. The molecule has 0 bridgehead atoms. The van der Waals surface area contributed by atoms with Gasteiger partial charge in [0.25, 0.3) is 0 Å². The second kappa shape index (κ2) is 11.1. The molecular weight excluding hydrogens is 567 g/mol. The van der Waals surface area contributed by atoms with Crippen LogP contribution in [0.1, 0.15) is 38.8 Å². The Morgan fingerprint density at radius 1 is 0.362 bits per heavy atom. The van der Waals surface area contributed by atoms with Crippen molar-refractivity contribution in [1.82, 2.24) is 0 Å². The van der Waals surface area contributed by atoms with Crippen molar-refractivity contribution < 1.29 is 0 Å². The molecule has 0 fully saturated rings. The Bertz CT molecular complexity index is 2220. The topological polar surface area (TPSA) is 3.24 Å². The van der Waals surface area contributed by atoms with Gasteiger partial charge in [0.05, 0.1) is 0 Å². The van der Waals surface area contributed by atoms with E-state index in [0.717, 1.165) is 17.1 Å². The number of nitrogens with zero attached hydrogens (tertiary/aromatic N) is 1. The summed E-state index contributed by atoms with van der Waals surface area (Å²) in [6.07, 6.45) is 0. The highest BCUT2D eigenvalue weighted by Gasteiger charge is 2.47. The van der Waals surface area contributed by atoms with Crippen molar-refractivity contribution >= 4 is 27.8 Å². The number of anilines is 3. The smallest absolute Gasteiger partial charge is 0.0468 e. The van der Waals surface area contributed by atoms with Crippen LogP contribution in [0.15, 0.2) is 164 Å². The van der Waals surface area contributed by atoms with Crippen LogP contribution in [-0.4, -0.2) is 0 Å². The number of hydrogen-bond acceptors (Lipinski definition) is 1. The molecule has 0 N–H and O–H groups in total. The number of benzene rings is 7. The minimum Gasteiger partial charge on any atom is -0.310 e. The highest BCUT2D eigenvalue weighted by molar-refractivity contribution is 5.92. The summed E-state index contributed by atoms with van der Waals surface area (Å²) >= 11 is 0. The highest BCUT2D eigenvalue weighted by atomic mass is 15.1. The van der Waals surface area contributed by atoms with Crippen LogP contribution in [0, 0.1) is 0 Å². The van der Waals surface area contributed by atoms with Crippen molar-refractivity contribution in [3.8, 4) is 33.4 Å². The first-order valence-electron chi connectivity index (χ1n) is 16.6. The van der Waals surface area contributed by atoms with Gasteiger partial charge in [0.2, 0.25) is 0 Å². The maximum absolute atomic E-state index is 2.43. The lowest BCUT2D eigenvalue weighted by Gasteiger charge is -2.49. The van der Waals surface area contributed by atoms with E-state index < -0.39 is 0 Å². The average Bonchev–Trinajstić information content (AvgIpc) is 3.12. The molecule has 0 radical (unpaired) electrons. The first kappa shape index (κ1) is 29.0. The number of fused-ring (bicyclic) bond motifs is 4. The second-order valence-electron chi connectivity index (χ2n) is 13.9. The van der Waals surface area contributed by atoms with Gasteiger partial charge >= 0.3 is 0 Å². The molecule has 0 amide bonds. The fourth-order valence-electron chi connectivity index (χ4n) is 7.59. The van der Waals surface area contributed by atoms with Crippen LogP contribution in [0.3, 0.4) is 0 Å². The summed E-state index contributed by atoms with van der Waals surface area (Å²) < 4.78 is 0. The first-order chi connectivity index (χ1) is 22.8. The largest absolute Gasteiger partial charge is 0.310 e. The molecule has 0 unspecified atom stereocenters. The van der Waals surface area contributed by atoms with Crippen molar-refractivity contribution in [3.63, 3.8) is 0 Å². The maximum atomic E-state index is 2.43. The van der Waals surface area contributed by atoms with Crippen LogP contribution in [-0.2, 0) is 10.8 Å². The van der Waals surface area contributed by atoms with Crippen molar-refractivity contribution in [2.24, 2.45) is 0 Å². The van der Waals surface area contributed by atoms with E-state index in [4.69, 9.17) is 0 Å². The zero-order valence-corrected chi connectivity index (χ0v) is 27.5. The quantitative estimate of drug-likeness (QED) is 0.189. The molecule has 0 saturated carbocycles. The van der Waals surface area contributed by atoms with Gasteiger partial charge in [0.1, 0.15) is 0 Å². The van der Waals surface area contributed by atoms with Crippen molar-refractivity contribution in [1.29, 1.82) is 0 Å². The first-order valence-corrected chi connectivity index (χ1v) is 16.6. The SMILES string of the molecule is CC1(C)c2ccc(N(c3ccc(-c4ccccc4)cc3)c3ccc4ccccc4c3)cc2-c2cccc(-c3ccccc3)c2C1(C)C. The van der Waals surface area contributed by atoms with Crippen molar-refractivity contribution in [2.75, 3.05) is 4.90 Å². The summed E-state index contributed by atoms with van der Waals surface area (Å²) in [5.41, 5.74) is 13.7. The molecule has 1 aliphatic rings. The molecule has 47 heavy (non-hydrogen) atoms. The molecule has 228 valence electrons. The molecule has 7 aromatic carbocycles. The number of hydrogen-bond donors (Lipinski definition) is 0. The lowest BCUT2D eigenvalue weighted by atomic mass is 9.54. The Kier molecular flexibility index (Phi) is 6.88. The average molecular weight is 606 g/mol. The van der Waals surface area contributed by atoms with E-state index in [-0.39, 0.29) is 10.8 Å². The number of rotatable bonds is 5. The van der Waals surface area contributed by atoms with E-state index in [1.54, 1.807) is 0 Å². The van der Waals surface area contributed by atoms with E-state index in [1.165, 1.54) is 55.3 Å². The Hall–Kier alpha value is -5.40. The van der Waals surface area contributed by atoms with Gasteiger partial charge in [-0.25, -0.2) is 0 Å². The summed E-state index contributed by atoms with van der Waals surface area (Å²) in [6, 6.07) is 59.9. The lowest BCUT2D eigenvalue weighted by Crippen LogP contribution is -2.44. The Morgan fingerprint density at radius 3 is 1.64 bits per heavy atom. The predicted molar refractivity (Wildman–Crippen MR) is 201 cm³/mol. The second-order valence-corrected chi connectivity index (χ2v) is 13.9. The van der Waals surface area contributed by atoms with Crippen LogP contribution in [0.5, 0.6) is 0 Å². The van der Waals surface area contributed by atoms with Gasteiger partial charge in [-0.15, -0.1) is 0 Å². The van der Waals surface area contributed by atoms with E-state index >= 15 is 0 Å². The summed E-state index contributed by atoms with van der Waals surface area (Å²) in [4.78, 5) is 2.41. The minimum atomic E-state index is -0.0934. The van der Waals surface area contributed by atoms with Crippen LogP contribution >= 0.6 is 0 Å². The third-order valence-electron chi connectivity index (χ3n) is 10.8. The van der Waals surface area contributed by atoms with E-state index in [0.29, 0.717) is 0 Å². The fourth-order valence-corrected chi connectivity index (χ4v) is 7.59. The zero-order chi connectivity index (χ0) is 32.2. The molecule has 0 aromatic heterocycles. The van der Waals surface area contributed by atoms with E-state index in [9.17, 15) is 0 Å². The molecule has 0 spiro atoms. The van der Waals surface area contributed by atoms with Crippen LogP contribution < -0.4 is 4.90 Å². The van der Waals surface area contributed by atoms with Gasteiger partial charge in [0, 0.05) is 22.5 Å². The summed E-state index contributed by atoms with van der Waals surface area (Å²) in [7, 11) is 0. The third kappa shape index (κ3) is 4.77. The highest BCUT2D eigenvalue weighted by Crippen LogP contribution is 2.57. The monoisotopic (exact) mass is 605 g/mol. The van der Waals surface area contributed by atoms with Gasteiger partial charge in [-0.1, -0.05) is 155 Å². The van der Waals surface area contributed by atoms with Crippen LogP contribution in [0.4, 0.5) is 17.1 Å². The normalized spacial score (nSPS) is 14.3. The van der Waals surface area contributed by atoms with Crippen LogP contribution in [0.2, 0.25) is 0 Å². The Balaban J connectivity index is 1.33. The van der Waals surface area contributed by atoms with Gasteiger partial charge in [-0.2, -0.15) is 0 Å². The molecule has 1 nitrogen and oxygen atoms in total. The molecule has 0 heterocycles. The van der Waals surface area contributed by atoms with Crippen LogP contribution in [0.25, 0.3) is 44.2 Å². The maximum Gasteiger partial charge on any atom is 0.0468 e. The third-order valence-corrected chi connectivity index (χ3v) is 10.8. The molecule has 0 atom stereocenters. The Morgan fingerprint density at radius 2 is 0.915 bits per heavy atom. The summed E-state index contributed by atoms with van der Waals surface area (Å²) in [5, 5.41) is 2.47. The molecule has 0 saturated heterocycles. The molecule has 1 heteroatoms. The van der Waals surface area contributed by atoms with Crippen molar-refractivity contribution in [3.05, 3.63) is 175 Å². The van der Waals surface area contributed by atoms with Gasteiger partial charge < -0.3 is 4.90 Å². The minimum absolute atomic E-state index is 0.0887. The molecule has 1 aliphatic carbocycles. The van der Waals surface area contributed by atoms with Crippen molar-refractivity contribution in [2.45, 2.75) is 38.5 Å². The van der Waals surface area contributed by atoms with Gasteiger partial charge in [-0.3, -0.25) is 0 Å². The Labute approximate surface area is 278 Å². The molecule has 0 aliphatic heterocycles. The standard InChI is InChI=1S/C46H39N/c1-45(2)43-29-28-39(31-42(43)41-21-13-20-40(44(41)46(45,3)4)35-17-9-6-10-18-35)47(38-27-24-33-16-11-12-19-36(33)30-38)37-25-22-34(23-26-37)32-14-7-5-8-15-32/h5-31H,1-4H3. The van der Waals surface area contributed by atoms with E-state index in [2.05, 4.69) is 196 Å². The molecule has 8 rings (SSSR count). The van der Waals surface area contributed by atoms with Gasteiger partial charge in [0.15, 0.2) is 0 Å². The predicted octanol–water partition coefficient (Wildman–Crippen LogP) is 12.9. The van der Waals surface area contributed by atoms with Gasteiger partial charge in [-0.05, 0) is 97.1 Å². The molecule has 7 aromatic rings.